The van der Waals surface area contributed by atoms with Gasteiger partial charge in [-0.25, -0.2) is 0 Å². The van der Waals surface area contributed by atoms with E-state index >= 15 is 0 Å². The van der Waals surface area contributed by atoms with Gasteiger partial charge in [-0.15, -0.1) is 0 Å². The van der Waals surface area contributed by atoms with Crippen LogP contribution in [-0.2, 0) is 9.53 Å². The van der Waals surface area contributed by atoms with Crippen LogP contribution in [0.15, 0.2) is 0 Å². The van der Waals surface area contributed by atoms with Crippen LogP contribution in [0.1, 0.15) is 13.8 Å². The molecule has 1 amide bonds. The molecule has 0 aliphatic carbocycles. The van der Waals surface area contributed by atoms with Gasteiger partial charge in [-0.2, -0.15) is 0 Å². The summed E-state index contributed by atoms with van der Waals surface area (Å²) < 4.78 is 4.53. The molecule has 3 nitrogen and oxygen atoms in total. The van der Waals surface area contributed by atoms with Gasteiger partial charge in [0.15, 0.2) is 0 Å². The van der Waals surface area contributed by atoms with E-state index in [0.717, 1.165) is 0 Å². The first kappa shape index (κ1) is 18.0. The van der Waals surface area contributed by atoms with Gasteiger partial charge in [-0.1, -0.05) is 13.8 Å². The molecule has 0 rings (SSSR count). The fourth-order valence-corrected chi connectivity index (χ4v) is 0.234. The van der Waals surface area contributed by atoms with E-state index in [-0.39, 0.29) is 63.9 Å². The predicted octanol–water partition coefficient (Wildman–Crippen LogP) is -2.09. The second kappa shape index (κ2) is 13.6. The molecule has 0 aliphatic heterocycles. The Morgan fingerprint density at radius 3 is 2.00 bits per heavy atom. The molecule has 0 N–H and O–H groups in total. The van der Waals surface area contributed by atoms with Crippen molar-refractivity contribution < 1.29 is 60.9 Å². The summed E-state index contributed by atoms with van der Waals surface area (Å²) in [6, 6.07) is 0. The van der Waals surface area contributed by atoms with Crippen molar-refractivity contribution in [1.82, 2.24) is 4.90 Å². The first-order valence-electron chi connectivity index (χ1n) is 3.24. The van der Waals surface area contributed by atoms with E-state index < -0.39 is 0 Å². The topological polar surface area (TPSA) is 29.5 Å². The Labute approximate surface area is 112 Å². The summed E-state index contributed by atoms with van der Waals surface area (Å²) in [7, 11) is 6.42. The maximum Gasteiger partial charge on any atom is 1.00 e. The zero-order valence-corrected chi connectivity index (χ0v) is 11.3. The molecule has 0 unspecified atom stereocenters. The van der Waals surface area contributed by atoms with Gasteiger partial charge in [0.1, 0.15) is 6.61 Å². The van der Waals surface area contributed by atoms with Crippen LogP contribution in [0.5, 0.6) is 0 Å². The van der Waals surface area contributed by atoms with E-state index in [1.54, 1.807) is 7.05 Å². The number of carbonyl (C=O) groups excluding carboxylic acids is 1. The van der Waals surface area contributed by atoms with E-state index in [2.05, 4.69) is 11.8 Å². The minimum Gasteiger partial charge on any atom is -0.496 e. The van der Waals surface area contributed by atoms with Crippen molar-refractivity contribution in [1.29, 1.82) is 0 Å². The summed E-state index contributed by atoms with van der Waals surface area (Å²) in [4.78, 5) is 11.7. The van der Waals surface area contributed by atoms with Gasteiger partial charge in [0.05, 0.1) is 0 Å². The molecule has 11 heavy (non-hydrogen) atoms. The minimum atomic E-state index is -0.118. The predicted molar refractivity (Wildman–Crippen MR) is 41.4 cm³/mol. The maximum absolute atomic E-state index is 10.5. The summed E-state index contributed by atoms with van der Waals surface area (Å²) in [6.45, 7) is 4.11. The zero-order valence-electron chi connectivity index (χ0n) is 8.18. The van der Waals surface area contributed by atoms with Gasteiger partial charge < -0.3 is 9.64 Å². The summed E-state index contributed by atoms with van der Waals surface area (Å²) in [5, 5.41) is 0. The molecule has 0 spiro atoms. The molecule has 0 radical (unpaired) electrons. The molecule has 0 aromatic heterocycles. The number of rotatable bonds is 2. The summed E-state index contributed by atoms with van der Waals surface area (Å²) >= 11 is 0. The zero-order chi connectivity index (χ0) is 8.57. The Bertz CT molecular complexity index is 86.5. The SMILES string of the molecule is CC.[CH2-]N(C)C(=O)COC.[K+]. The van der Waals surface area contributed by atoms with Crippen LogP contribution in [-0.4, -0.2) is 31.6 Å². The number of hydrogen-bond donors (Lipinski definition) is 0. The summed E-state index contributed by atoms with van der Waals surface area (Å²) in [5.41, 5.74) is 0. The molecular weight excluding hydrogens is 169 g/mol. The van der Waals surface area contributed by atoms with E-state index in [1.165, 1.54) is 12.0 Å². The Kier molecular flexibility index (Phi) is 22.3. The number of likely N-dealkylation sites (N-methyl/N-ethyl adjacent to an activating group) is 1. The van der Waals surface area contributed by atoms with Crippen LogP contribution in [0.2, 0.25) is 0 Å². The third-order valence-electron chi connectivity index (χ3n) is 0.694. The van der Waals surface area contributed by atoms with Gasteiger partial charge >= 0.3 is 51.4 Å². The third kappa shape index (κ3) is 14.0. The molecular formula is C7H16KNO2. The standard InChI is InChI=1S/C5H10NO2.C2H6.K/c1-6(2)5(7)4-8-3;1-2;/h1,4H2,2-3H3;1-2H3;/q-1;;+1. The quantitative estimate of drug-likeness (QED) is 0.365. The van der Waals surface area contributed by atoms with Crippen LogP contribution < -0.4 is 51.4 Å². The monoisotopic (exact) mass is 185 g/mol. The molecule has 0 saturated carbocycles. The fourth-order valence-electron chi connectivity index (χ4n) is 0.234. The first-order valence-corrected chi connectivity index (χ1v) is 3.24. The third-order valence-corrected chi connectivity index (χ3v) is 0.694. The van der Waals surface area contributed by atoms with Crippen molar-refractivity contribution in [3.8, 4) is 0 Å². The normalized spacial score (nSPS) is 7.00. The molecule has 62 valence electrons. The van der Waals surface area contributed by atoms with E-state index in [4.69, 9.17) is 0 Å². The van der Waals surface area contributed by atoms with Crippen LogP contribution in [0.4, 0.5) is 0 Å². The molecule has 0 heterocycles. The number of methoxy groups -OCH3 is 1. The molecule has 0 aromatic carbocycles. The Balaban J connectivity index is -0.000000196. The second-order valence-electron chi connectivity index (χ2n) is 1.52. The van der Waals surface area contributed by atoms with Gasteiger partial charge in [0.25, 0.3) is 0 Å². The van der Waals surface area contributed by atoms with Crippen LogP contribution in [0, 0.1) is 7.05 Å². The largest absolute Gasteiger partial charge is 1.00 e. The Morgan fingerprint density at radius 1 is 1.55 bits per heavy atom. The number of ether oxygens (including phenoxy) is 1. The van der Waals surface area contributed by atoms with Crippen molar-refractivity contribution >= 4 is 5.91 Å². The van der Waals surface area contributed by atoms with Gasteiger partial charge in [-0.05, 0) is 7.05 Å². The molecule has 0 aromatic rings. The van der Waals surface area contributed by atoms with Crippen LogP contribution in [0.25, 0.3) is 0 Å². The maximum atomic E-state index is 10.5. The molecule has 0 saturated heterocycles. The van der Waals surface area contributed by atoms with Crippen LogP contribution >= 0.6 is 0 Å². The van der Waals surface area contributed by atoms with Gasteiger partial charge in [0, 0.05) is 7.11 Å². The van der Waals surface area contributed by atoms with E-state index in [1.807, 2.05) is 13.8 Å². The molecule has 0 atom stereocenters. The van der Waals surface area contributed by atoms with Crippen molar-refractivity contribution in [3.63, 3.8) is 0 Å². The molecule has 0 aliphatic rings. The number of nitrogens with zero attached hydrogens (tertiary/aromatic N) is 1. The number of amides is 1. The second-order valence-corrected chi connectivity index (χ2v) is 1.52. The first-order chi connectivity index (χ1) is 4.68. The Hall–Kier alpha value is 1.07. The molecule has 0 fully saturated rings. The van der Waals surface area contributed by atoms with Crippen molar-refractivity contribution in [2.45, 2.75) is 13.8 Å². The van der Waals surface area contributed by atoms with Crippen molar-refractivity contribution in [3.05, 3.63) is 7.05 Å². The van der Waals surface area contributed by atoms with Gasteiger partial charge in [-0.3, -0.25) is 11.8 Å². The van der Waals surface area contributed by atoms with Crippen molar-refractivity contribution in [2.75, 3.05) is 20.8 Å². The average molecular weight is 185 g/mol. The summed E-state index contributed by atoms with van der Waals surface area (Å²) in [5.74, 6) is -0.118. The molecule has 0 bridgehead atoms. The van der Waals surface area contributed by atoms with Crippen LogP contribution in [0.3, 0.4) is 0 Å². The smallest absolute Gasteiger partial charge is 0.496 e. The van der Waals surface area contributed by atoms with Gasteiger partial charge in [0.2, 0.25) is 5.91 Å². The summed E-state index contributed by atoms with van der Waals surface area (Å²) in [6.07, 6.45) is 0. The molecule has 4 heteroatoms. The van der Waals surface area contributed by atoms with E-state index in [9.17, 15) is 4.79 Å². The van der Waals surface area contributed by atoms with E-state index in [0.29, 0.717) is 0 Å². The minimum absolute atomic E-state index is 0. The average Bonchev–Trinajstić information content (AvgIpc) is 1.93. The number of carbonyl (C=O) groups is 1. The Morgan fingerprint density at radius 2 is 1.91 bits per heavy atom. The van der Waals surface area contributed by atoms with Crippen molar-refractivity contribution in [2.24, 2.45) is 0 Å². The fraction of sp³-hybridized carbons (Fsp3) is 0.714. The number of hydrogen-bond acceptors (Lipinski definition) is 2.